The van der Waals surface area contributed by atoms with E-state index >= 15 is 0 Å². The third-order valence-corrected chi connectivity index (χ3v) is 5.73. The van der Waals surface area contributed by atoms with Crippen LogP contribution in [0, 0.1) is 19.3 Å². The molecule has 0 radical (unpaired) electrons. The minimum atomic E-state index is -0.0263. The van der Waals surface area contributed by atoms with Crippen LogP contribution in [0.2, 0.25) is 0 Å². The molecule has 2 bridgehead atoms. The fourth-order valence-electron chi connectivity index (χ4n) is 4.61. The Hall–Kier alpha value is -2.36. The Kier molecular flexibility index (Phi) is 4.25. The highest BCUT2D eigenvalue weighted by molar-refractivity contribution is 5.92. The van der Waals surface area contributed by atoms with Gasteiger partial charge >= 0.3 is 0 Å². The summed E-state index contributed by atoms with van der Waals surface area (Å²) in [5, 5.41) is 3.08. The molecule has 27 heavy (non-hydrogen) atoms. The van der Waals surface area contributed by atoms with Gasteiger partial charge < -0.3 is 10.2 Å². The first-order valence-electron chi connectivity index (χ1n) is 9.86. The molecule has 0 unspecified atom stereocenters. The molecule has 1 aromatic heterocycles. The van der Waals surface area contributed by atoms with Gasteiger partial charge in [0.1, 0.15) is 5.82 Å². The molecule has 2 aliphatic rings. The number of amides is 1. The van der Waals surface area contributed by atoms with Crippen LogP contribution in [0.25, 0.3) is 0 Å². The zero-order valence-corrected chi connectivity index (χ0v) is 17.0. The first kappa shape index (κ1) is 18.0. The molecule has 0 saturated carbocycles. The highest BCUT2D eigenvalue weighted by Gasteiger charge is 2.42. The Morgan fingerprint density at radius 2 is 1.93 bits per heavy atom. The maximum Gasteiger partial charge on any atom is 0.224 e. The van der Waals surface area contributed by atoms with Crippen LogP contribution in [0.15, 0.2) is 30.3 Å². The van der Waals surface area contributed by atoms with Gasteiger partial charge in [0.15, 0.2) is 0 Å². The van der Waals surface area contributed by atoms with Crippen molar-refractivity contribution < 1.29 is 4.79 Å². The van der Waals surface area contributed by atoms with E-state index in [1.54, 1.807) is 0 Å². The lowest BCUT2D eigenvalue weighted by Gasteiger charge is -2.31. The molecule has 2 aromatic rings. The van der Waals surface area contributed by atoms with Crippen LogP contribution in [-0.4, -0.2) is 17.4 Å². The third-order valence-electron chi connectivity index (χ3n) is 5.73. The summed E-state index contributed by atoms with van der Waals surface area (Å²) in [7, 11) is 0. The van der Waals surface area contributed by atoms with Crippen molar-refractivity contribution in [2.24, 2.45) is 5.41 Å². The number of rotatable bonds is 3. The van der Waals surface area contributed by atoms with Crippen molar-refractivity contribution >= 4 is 17.4 Å². The normalized spacial score (nSPS) is 20.7. The molecular weight excluding hydrogens is 334 g/mol. The number of nitrogens with zero attached hydrogens (tertiary/aromatic N) is 2. The summed E-state index contributed by atoms with van der Waals surface area (Å²) in [6.45, 7) is 11.3. The zero-order valence-electron chi connectivity index (χ0n) is 17.0. The van der Waals surface area contributed by atoms with Crippen LogP contribution in [0.4, 0.5) is 11.5 Å². The van der Waals surface area contributed by atoms with Crippen molar-refractivity contribution in [2.75, 3.05) is 16.8 Å². The number of fused-ring (bicyclic) bond motifs is 5. The van der Waals surface area contributed by atoms with Gasteiger partial charge in [0.25, 0.3) is 0 Å². The number of nitrogens with one attached hydrogen (secondary N) is 1. The Morgan fingerprint density at radius 3 is 2.59 bits per heavy atom. The van der Waals surface area contributed by atoms with Crippen LogP contribution in [-0.2, 0) is 4.79 Å². The molecule has 4 nitrogen and oxygen atoms in total. The summed E-state index contributed by atoms with van der Waals surface area (Å²) in [4.78, 5) is 19.7. The summed E-state index contributed by atoms with van der Waals surface area (Å²) in [6, 6.07) is 11.4. The van der Waals surface area contributed by atoms with Gasteiger partial charge in [-0.1, -0.05) is 45.0 Å². The van der Waals surface area contributed by atoms with Crippen molar-refractivity contribution in [1.82, 2.24) is 4.98 Å². The summed E-state index contributed by atoms with van der Waals surface area (Å²) in [6.07, 6.45) is 1.68. The number of hydrogen-bond donors (Lipinski definition) is 1. The average molecular weight is 364 g/mol. The van der Waals surface area contributed by atoms with Crippen molar-refractivity contribution in [3.63, 3.8) is 0 Å². The smallest absolute Gasteiger partial charge is 0.224 e. The van der Waals surface area contributed by atoms with Crippen LogP contribution < -0.4 is 10.2 Å². The standard InChI is InChI=1S/C23H29N3O/c1-14-10-20(24-15(2)22(14)25-21(27)12-23(3,4)5)26-13-16-11-19(26)18-9-7-6-8-17(16)18/h6-10,16,19H,11-13H2,1-5H3,(H,25,27)/t16-,19-/m0/s1. The second-order valence-corrected chi connectivity index (χ2v) is 9.27. The highest BCUT2D eigenvalue weighted by atomic mass is 16.1. The molecule has 2 heterocycles. The number of aromatic nitrogens is 1. The quantitative estimate of drug-likeness (QED) is 0.823. The van der Waals surface area contributed by atoms with E-state index in [1.807, 2.05) is 6.92 Å². The molecule has 4 heteroatoms. The zero-order chi connectivity index (χ0) is 19.3. The molecule has 1 saturated heterocycles. The van der Waals surface area contributed by atoms with Gasteiger partial charge in [0.05, 0.1) is 17.4 Å². The van der Waals surface area contributed by atoms with Gasteiger partial charge in [-0.25, -0.2) is 4.98 Å². The number of carbonyl (C=O) groups is 1. The third kappa shape index (κ3) is 3.33. The Morgan fingerprint density at radius 1 is 1.22 bits per heavy atom. The molecule has 1 fully saturated rings. The lowest BCUT2D eigenvalue weighted by atomic mass is 9.92. The minimum absolute atomic E-state index is 0.0263. The van der Waals surface area contributed by atoms with Gasteiger partial charge in [-0.2, -0.15) is 0 Å². The molecule has 142 valence electrons. The summed E-state index contributed by atoms with van der Waals surface area (Å²) in [5.74, 6) is 1.69. The maximum atomic E-state index is 12.4. The number of hydrogen-bond acceptors (Lipinski definition) is 3. The average Bonchev–Trinajstić information content (AvgIpc) is 3.16. The monoisotopic (exact) mass is 363 g/mol. The van der Waals surface area contributed by atoms with E-state index in [4.69, 9.17) is 4.98 Å². The van der Waals surface area contributed by atoms with Crippen LogP contribution in [0.5, 0.6) is 0 Å². The topological polar surface area (TPSA) is 45.2 Å². The maximum absolute atomic E-state index is 12.4. The fraction of sp³-hybridized carbons (Fsp3) is 0.478. The number of anilines is 2. The van der Waals surface area contributed by atoms with E-state index in [-0.39, 0.29) is 11.3 Å². The lowest BCUT2D eigenvalue weighted by Crippen LogP contribution is -2.28. The van der Waals surface area contributed by atoms with E-state index in [0.717, 1.165) is 29.3 Å². The van der Waals surface area contributed by atoms with Gasteiger partial charge in [0.2, 0.25) is 5.91 Å². The number of carbonyl (C=O) groups excluding carboxylic acids is 1. The first-order valence-corrected chi connectivity index (χ1v) is 9.86. The number of benzene rings is 1. The van der Waals surface area contributed by atoms with E-state index in [1.165, 1.54) is 17.5 Å². The van der Waals surface area contributed by atoms with Crippen LogP contribution >= 0.6 is 0 Å². The Bertz CT molecular complexity index is 874. The molecule has 4 rings (SSSR count). The molecule has 1 N–H and O–H groups in total. The Balaban J connectivity index is 1.58. The molecule has 1 amide bonds. The molecule has 2 atom stereocenters. The number of aryl methyl sites for hydroxylation is 2. The number of pyridine rings is 1. The van der Waals surface area contributed by atoms with Crippen LogP contribution in [0.1, 0.15) is 68.0 Å². The molecular formula is C23H29N3O. The largest absolute Gasteiger partial charge is 0.349 e. The van der Waals surface area contributed by atoms with Gasteiger partial charge in [-0.05, 0) is 48.4 Å². The summed E-state index contributed by atoms with van der Waals surface area (Å²) >= 11 is 0. The molecule has 1 aliphatic carbocycles. The fourth-order valence-corrected chi connectivity index (χ4v) is 4.61. The van der Waals surface area contributed by atoms with Crippen molar-refractivity contribution in [2.45, 2.75) is 59.4 Å². The molecule has 1 aromatic carbocycles. The van der Waals surface area contributed by atoms with Gasteiger partial charge in [0, 0.05) is 18.9 Å². The second kappa shape index (κ2) is 6.36. The van der Waals surface area contributed by atoms with E-state index in [0.29, 0.717) is 18.4 Å². The molecule has 1 aliphatic heterocycles. The second-order valence-electron chi connectivity index (χ2n) is 9.27. The predicted molar refractivity (Wildman–Crippen MR) is 110 cm³/mol. The van der Waals surface area contributed by atoms with E-state index < -0.39 is 0 Å². The Labute approximate surface area is 162 Å². The first-order chi connectivity index (χ1) is 12.7. The van der Waals surface area contributed by atoms with Crippen LogP contribution in [0.3, 0.4) is 0 Å². The molecule has 0 spiro atoms. The predicted octanol–water partition coefficient (Wildman–Crippen LogP) is 5.12. The van der Waals surface area contributed by atoms with E-state index in [2.05, 4.69) is 68.2 Å². The van der Waals surface area contributed by atoms with Crippen molar-refractivity contribution in [3.8, 4) is 0 Å². The SMILES string of the molecule is Cc1cc(N2C[C@@H]3C[C@H]2c2ccccc23)nc(C)c1NC(=O)CC(C)(C)C. The van der Waals surface area contributed by atoms with Crippen molar-refractivity contribution in [1.29, 1.82) is 0 Å². The van der Waals surface area contributed by atoms with Crippen molar-refractivity contribution in [3.05, 3.63) is 52.7 Å². The summed E-state index contributed by atoms with van der Waals surface area (Å²) in [5.41, 5.74) is 5.77. The van der Waals surface area contributed by atoms with Gasteiger partial charge in [-0.3, -0.25) is 4.79 Å². The highest BCUT2D eigenvalue weighted by Crippen LogP contribution is 2.51. The lowest BCUT2D eigenvalue weighted by molar-refractivity contribution is -0.117. The van der Waals surface area contributed by atoms with Gasteiger partial charge in [-0.15, -0.1) is 0 Å². The minimum Gasteiger partial charge on any atom is -0.349 e. The summed E-state index contributed by atoms with van der Waals surface area (Å²) < 4.78 is 0. The van der Waals surface area contributed by atoms with E-state index in [9.17, 15) is 4.79 Å².